The number of carbonyl (C=O) groups is 1. The van der Waals surface area contributed by atoms with Gasteiger partial charge in [0.2, 0.25) is 6.79 Å². The zero-order valence-electron chi connectivity index (χ0n) is 12.1. The zero-order valence-corrected chi connectivity index (χ0v) is 12.1. The molecule has 1 aliphatic heterocycles. The highest BCUT2D eigenvalue weighted by molar-refractivity contribution is 6.05. The van der Waals surface area contributed by atoms with E-state index in [4.69, 9.17) is 9.47 Å². The Kier molecular flexibility index (Phi) is 4.11. The number of fused-ring (bicyclic) bond motifs is 1. The van der Waals surface area contributed by atoms with Crippen molar-refractivity contribution in [1.82, 2.24) is 4.98 Å². The molecule has 2 aromatic rings. The van der Waals surface area contributed by atoms with E-state index in [9.17, 15) is 18.0 Å². The number of halogens is 3. The zero-order chi connectivity index (χ0) is 17.2. The second-order valence-electron chi connectivity index (χ2n) is 4.81. The molecule has 8 heteroatoms. The van der Waals surface area contributed by atoms with Crippen molar-refractivity contribution in [2.24, 2.45) is 0 Å². The minimum absolute atomic E-state index is 0.0876. The lowest BCUT2D eigenvalue weighted by molar-refractivity contribution is -0.137. The summed E-state index contributed by atoms with van der Waals surface area (Å²) in [6, 6.07) is 6.74. The average molecular weight is 336 g/mol. The quantitative estimate of drug-likeness (QED) is 0.682. The molecule has 1 aromatic heterocycles. The van der Waals surface area contributed by atoms with Gasteiger partial charge in [0.05, 0.1) is 5.56 Å². The Morgan fingerprint density at radius 1 is 1.21 bits per heavy atom. The van der Waals surface area contributed by atoms with Crippen molar-refractivity contribution in [3.05, 3.63) is 59.9 Å². The maximum Gasteiger partial charge on any atom is 0.419 e. The van der Waals surface area contributed by atoms with Crippen molar-refractivity contribution >= 4 is 11.6 Å². The maximum absolute atomic E-state index is 12.8. The van der Waals surface area contributed by atoms with Gasteiger partial charge in [-0.2, -0.15) is 13.2 Å². The van der Waals surface area contributed by atoms with Gasteiger partial charge in [-0.3, -0.25) is 4.79 Å². The molecule has 1 N–H and O–H groups in total. The number of alkyl halides is 3. The smallest absolute Gasteiger partial charge is 0.419 e. The number of allylic oxidation sites excluding steroid dienone is 1. The standard InChI is InChI=1S/C16H11F3N2O3/c17-16(18,19)11-2-1-6-20-15(11)21-7-5-12(22)10-3-4-13-14(8-10)24-9-23-13/h1-8H,9H2,(H,20,21)/b7-5-. The average Bonchev–Trinajstić information content (AvgIpc) is 3.01. The summed E-state index contributed by atoms with van der Waals surface area (Å²) in [6.07, 6.45) is -1.08. The fourth-order valence-corrected chi connectivity index (χ4v) is 2.09. The van der Waals surface area contributed by atoms with Crippen LogP contribution < -0.4 is 14.8 Å². The lowest BCUT2D eigenvalue weighted by atomic mass is 10.1. The summed E-state index contributed by atoms with van der Waals surface area (Å²) in [4.78, 5) is 15.7. The van der Waals surface area contributed by atoms with E-state index in [0.717, 1.165) is 18.3 Å². The number of benzene rings is 1. The van der Waals surface area contributed by atoms with E-state index < -0.39 is 17.5 Å². The fourth-order valence-electron chi connectivity index (χ4n) is 2.09. The van der Waals surface area contributed by atoms with Crippen LogP contribution in [-0.4, -0.2) is 17.6 Å². The molecule has 5 nitrogen and oxygen atoms in total. The Hall–Kier alpha value is -3.03. The van der Waals surface area contributed by atoms with Crippen molar-refractivity contribution in [3.8, 4) is 11.5 Å². The molecule has 2 heterocycles. The number of pyridine rings is 1. The highest BCUT2D eigenvalue weighted by Crippen LogP contribution is 2.34. The van der Waals surface area contributed by atoms with Crippen LogP contribution in [0, 0.1) is 0 Å². The van der Waals surface area contributed by atoms with Crippen molar-refractivity contribution in [2.45, 2.75) is 6.18 Å². The van der Waals surface area contributed by atoms with Gasteiger partial charge in [0.15, 0.2) is 17.3 Å². The van der Waals surface area contributed by atoms with Crippen LogP contribution in [0.2, 0.25) is 0 Å². The summed E-state index contributed by atoms with van der Waals surface area (Å²) in [5, 5.41) is 2.38. The van der Waals surface area contributed by atoms with Gasteiger partial charge in [-0.15, -0.1) is 0 Å². The number of nitrogens with one attached hydrogen (secondary N) is 1. The first-order valence-corrected chi connectivity index (χ1v) is 6.84. The van der Waals surface area contributed by atoms with Gasteiger partial charge in [0, 0.05) is 24.0 Å². The van der Waals surface area contributed by atoms with Gasteiger partial charge >= 0.3 is 6.18 Å². The number of ether oxygens (including phenoxy) is 2. The number of anilines is 1. The molecule has 0 spiro atoms. The molecular weight excluding hydrogens is 325 g/mol. The summed E-state index contributed by atoms with van der Waals surface area (Å²) in [5.41, 5.74) is -0.584. The van der Waals surface area contributed by atoms with Crippen molar-refractivity contribution in [1.29, 1.82) is 0 Å². The van der Waals surface area contributed by atoms with Gasteiger partial charge in [-0.1, -0.05) is 0 Å². The first-order valence-electron chi connectivity index (χ1n) is 6.84. The van der Waals surface area contributed by atoms with Crippen LogP contribution in [0.1, 0.15) is 15.9 Å². The van der Waals surface area contributed by atoms with Crippen LogP contribution in [0.15, 0.2) is 48.8 Å². The fraction of sp³-hybridized carbons (Fsp3) is 0.125. The van der Waals surface area contributed by atoms with E-state index in [1.807, 2.05) is 0 Å². The highest BCUT2D eigenvalue weighted by atomic mass is 19.4. The van der Waals surface area contributed by atoms with Crippen LogP contribution in [0.5, 0.6) is 11.5 Å². The van der Waals surface area contributed by atoms with Crippen molar-refractivity contribution < 1.29 is 27.4 Å². The second-order valence-corrected chi connectivity index (χ2v) is 4.81. The molecule has 124 valence electrons. The normalized spacial score (nSPS) is 13.3. The Bertz CT molecular complexity index is 803. The van der Waals surface area contributed by atoms with E-state index in [0.29, 0.717) is 17.1 Å². The van der Waals surface area contributed by atoms with Crippen molar-refractivity contribution in [3.63, 3.8) is 0 Å². The van der Waals surface area contributed by atoms with E-state index in [1.54, 1.807) is 12.1 Å². The van der Waals surface area contributed by atoms with Crippen LogP contribution in [0.4, 0.5) is 19.0 Å². The molecule has 0 saturated heterocycles. The van der Waals surface area contributed by atoms with Gasteiger partial charge in [-0.05, 0) is 30.3 Å². The minimum atomic E-state index is -4.54. The summed E-state index contributed by atoms with van der Waals surface area (Å²) >= 11 is 0. The van der Waals surface area contributed by atoms with E-state index >= 15 is 0 Å². The molecule has 0 radical (unpaired) electrons. The Morgan fingerprint density at radius 3 is 2.79 bits per heavy atom. The third kappa shape index (κ3) is 3.32. The monoisotopic (exact) mass is 336 g/mol. The number of carbonyl (C=O) groups excluding carboxylic acids is 1. The molecule has 0 atom stereocenters. The van der Waals surface area contributed by atoms with Gasteiger partial charge in [0.1, 0.15) is 5.82 Å². The molecule has 1 aliphatic rings. The van der Waals surface area contributed by atoms with Gasteiger partial charge in [-0.25, -0.2) is 4.98 Å². The molecule has 3 rings (SSSR count). The Balaban J connectivity index is 1.72. The van der Waals surface area contributed by atoms with Crippen LogP contribution in [0.3, 0.4) is 0 Å². The molecule has 24 heavy (non-hydrogen) atoms. The van der Waals surface area contributed by atoms with Crippen LogP contribution in [0.25, 0.3) is 0 Å². The summed E-state index contributed by atoms with van der Waals surface area (Å²) in [6.45, 7) is 0.0876. The summed E-state index contributed by atoms with van der Waals surface area (Å²) in [7, 11) is 0. The Morgan fingerprint density at radius 2 is 2.00 bits per heavy atom. The number of aromatic nitrogens is 1. The number of hydrogen-bond acceptors (Lipinski definition) is 5. The molecule has 0 fully saturated rings. The SMILES string of the molecule is O=C(/C=C\Nc1ncccc1C(F)(F)F)c1ccc2c(c1)OCO2. The number of ketones is 1. The van der Waals surface area contributed by atoms with Gasteiger partial charge < -0.3 is 14.8 Å². The third-order valence-corrected chi connectivity index (χ3v) is 3.22. The number of nitrogens with zero attached hydrogens (tertiary/aromatic N) is 1. The second kappa shape index (κ2) is 6.23. The predicted octanol–water partition coefficient (Wildman–Crippen LogP) is 3.64. The lowest BCUT2D eigenvalue weighted by Crippen LogP contribution is -2.09. The third-order valence-electron chi connectivity index (χ3n) is 3.22. The molecular formula is C16H11F3N2O3. The minimum Gasteiger partial charge on any atom is -0.454 e. The Labute approximate surface area is 134 Å². The van der Waals surface area contributed by atoms with Crippen LogP contribution >= 0.6 is 0 Å². The van der Waals surface area contributed by atoms with E-state index in [1.165, 1.54) is 18.3 Å². The maximum atomic E-state index is 12.8. The van der Waals surface area contributed by atoms with E-state index in [2.05, 4.69) is 10.3 Å². The topological polar surface area (TPSA) is 60.5 Å². The highest BCUT2D eigenvalue weighted by Gasteiger charge is 2.33. The molecule has 0 amide bonds. The van der Waals surface area contributed by atoms with E-state index in [-0.39, 0.29) is 12.6 Å². The summed E-state index contributed by atoms with van der Waals surface area (Å²) in [5.74, 6) is 0.216. The van der Waals surface area contributed by atoms with Crippen molar-refractivity contribution in [2.75, 3.05) is 12.1 Å². The number of hydrogen-bond donors (Lipinski definition) is 1. The molecule has 0 saturated carbocycles. The molecule has 0 unspecified atom stereocenters. The van der Waals surface area contributed by atoms with Gasteiger partial charge in [0.25, 0.3) is 0 Å². The lowest BCUT2D eigenvalue weighted by Gasteiger charge is -2.10. The predicted molar refractivity (Wildman–Crippen MR) is 78.9 cm³/mol. The first kappa shape index (κ1) is 15.9. The molecule has 0 bridgehead atoms. The summed E-state index contributed by atoms with van der Waals surface area (Å²) < 4.78 is 48.8. The number of rotatable bonds is 4. The first-order chi connectivity index (χ1) is 11.4. The molecule has 0 aliphatic carbocycles. The largest absolute Gasteiger partial charge is 0.454 e. The molecule has 1 aromatic carbocycles. The van der Waals surface area contributed by atoms with Crippen LogP contribution in [-0.2, 0) is 6.18 Å².